The van der Waals surface area contributed by atoms with E-state index in [0.717, 1.165) is 11.3 Å². The van der Waals surface area contributed by atoms with Crippen LogP contribution in [0.4, 0.5) is 13.6 Å². The molecule has 9 heteroatoms. The van der Waals surface area contributed by atoms with E-state index in [9.17, 15) is 13.6 Å². The van der Waals surface area contributed by atoms with E-state index in [1.807, 2.05) is 53.3 Å². The molecule has 4 rings (SSSR count). The van der Waals surface area contributed by atoms with Gasteiger partial charge < -0.3 is 19.7 Å². The quantitative estimate of drug-likeness (QED) is 0.627. The number of nitrogens with zero attached hydrogens (tertiary/aromatic N) is 3. The Morgan fingerprint density at radius 2 is 2.03 bits per heavy atom. The topological polar surface area (TPSA) is 66.4 Å². The number of rotatable bonds is 8. The van der Waals surface area contributed by atoms with Gasteiger partial charge in [0.2, 0.25) is 0 Å². The molecule has 1 amide bonds. The van der Waals surface area contributed by atoms with Crippen LogP contribution < -0.4 is 5.32 Å². The molecular weight excluding hydrogens is 442 g/mol. The molecule has 3 atom stereocenters. The van der Waals surface area contributed by atoms with Gasteiger partial charge in [0, 0.05) is 39.1 Å². The van der Waals surface area contributed by atoms with Crippen molar-refractivity contribution in [3.05, 3.63) is 71.0 Å². The number of carbonyl (C=O) groups is 1. The second-order valence-electron chi connectivity index (χ2n) is 8.67. The van der Waals surface area contributed by atoms with E-state index in [4.69, 9.17) is 9.47 Å². The van der Waals surface area contributed by atoms with Crippen molar-refractivity contribution in [2.75, 3.05) is 40.3 Å². The normalized spacial score (nSPS) is 24.5. The van der Waals surface area contributed by atoms with Crippen molar-refractivity contribution >= 4 is 12.3 Å². The van der Waals surface area contributed by atoms with Crippen LogP contribution in [0, 0.1) is 5.92 Å². The van der Waals surface area contributed by atoms with Crippen molar-refractivity contribution in [3.63, 3.8) is 0 Å². The number of dihydropyridines is 1. The van der Waals surface area contributed by atoms with Crippen LogP contribution >= 0.6 is 0 Å². The highest BCUT2D eigenvalue weighted by Gasteiger charge is 2.36. The van der Waals surface area contributed by atoms with Gasteiger partial charge in [-0.05, 0) is 29.7 Å². The average Bonchev–Trinajstić information content (AvgIpc) is 3.21. The van der Waals surface area contributed by atoms with Crippen LogP contribution in [0.2, 0.25) is 0 Å². The molecule has 0 bridgehead atoms. The lowest BCUT2D eigenvalue weighted by Crippen LogP contribution is -2.39. The minimum atomic E-state index is -1.07. The molecule has 1 unspecified atom stereocenters. The summed E-state index contributed by atoms with van der Waals surface area (Å²) in [7, 11) is 3.41. The predicted molar refractivity (Wildman–Crippen MR) is 125 cm³/mol. The molecule has 34 heavy (non-hydrogen) atoms. The molecular formula is C25H30F2N4O3. The van der Waals surface area contributed by atoms with Gasteiger partial charge in [0.25, 0.3) is 0 Å². The summed E-state index contributed by atoms with van der Waals surface area (Å²) in [6.07, 6.45) is 3.68. The number of alkyl halides is 1. The molecule has 1 aromatic carbocycles. The van der Waals surface area contributed by atoms with Gasteiger partial charge in [0.1, 0.15) is 18.6 Å². The fourth-order valence-electron chi connectivity index (χ4n) is 4.59. The number of amides is 1. The van der Waals surface area contributed by atoms with E-state index in [1.54, 1.807) is 13.2 Å². The standard InChI is InChI=1S/C25H30F2N4O3/c1-30-23(33-2)9-8-22-24(30)19(20(26)13-28-22)10-11-31-14-18(21(27)15-31)12-29-25(32)34-16-17-6-4-3-5-7-17/h3-9,13,18,21,24H,10-12,14-16H2,1-2H3,(H,29,32)/t18-,21-,24?/m0/s1. The van der Waals surface area contributed by atoms with Crippen LogP contribution in [-0.4, -0.2) is 74.7 Å². The molecule has 3 heterocycles. The fourth-order valence-corrected chi connectivity index (χ4v) is 4.59. The zero-order valence-electron chi connectivity index (χ0n) is 19.4. The number of hydrogen-bond acceptors (Lipinski definition) is 6. The molecule has 1 aromatic rings. The molecule has 0 aliphatic carbocycles. The zero-order chi connectivity index (χ0) is 24.1. The fraction of sp³-hybridized carbons (Fsp3) is 0.440. The summed E-state index contributed by atoms with van der Waals surface area (Å²) >= 11 is 0. The molecule has 3 aliphatic rings. The molecule has 0 aromatic heterocycles. The summed E-state index contributed by atoms with van der Waals surface area (Å²) in [5.74, 6) is -0.0694. The highest BCUT2D eigenvalue weighted by Crippen LogP contribution is 2.34. The van der Waals surface area contributed by atoms with Crippen LogP contribution in [0.3, 0.4) is 0 Å². The number of methoxy groups -OCH3 is 1. The molecule has 1 fully saturated rings. The molecule has 0 saturated carbocycles. The van der Waals surface area contributed by atoms with Gasteiger partial charge in [-0.3, -0.25) is 9.89 Å². The number of benzene rings is 1. The van der Waals surface area contributed by atoms with E-state index < -0.39 is 12.3 Å². The molecule has 182 valence electrons. The molecule has 3 aliphatic heterocycles. The Balaban J connectivity index is 1.26. The lowest BCUT2D eigenvalue weighted by Gasteiger charge is -2.37. The van der Waals surface area contributed by atoms with E-state index in [-0.39, 0.29) is 37.5 Å². The summed E-state index contributed by atoms with van der Waals surface area (Å²) in [4.78, 5) is 20.0. The maximum absolute atomic E-state index is 14.7. The molecule has 7 nitrogen and oxygen atoms in total. The number of nitrogens with one attached hydrogen (secondary N) is 1. The first-order valence-electron chi connectivity index (χ1n) is 11.4. The lowest BCUT2D eigenvalue weighted by atomic mass is 9.94. The van der Waals surface area contributed by atoms with Gasteiger partial charge in [0.15, 0.2) is 5.88 Å². The van der Waals surface area contributed by atoms with Crippen LogP contribution in [0.15, 0.2) is 70.5 Å². The summed E-state index contributed by atoms with van der Waals surface area (Å²) in [5.41, 5.74) is 2.24. The number of ether oxygens (including phenoxy) is 2. The van der Waals surface area contributed by atoms with Crippen LogP contribution in [0.25, 0.3) is 0 Å². The van der Waals surface area contributed by atoms with Crippen LogP contribution in [0.1, 0.15) is 12.0 Å². The van der Waals surface area contributed by atoms with E-state index in [1.165, 1.54) is 6.21 Å². The Bertz CT molecular complexity index is 1010. The van der Waals surface area contributed by atoms with Gasteiger partial charge in [-0.1, -0.05) is 30.3 Å². The number of hydrogen-bond donors (Lipinski definition) is 1. The van der Waals surface area contributed by atoms with E-state index >= 15 is 0 Å². The monoisotopic (exact) mass is 472 g/mol. The summed E-state index contributed by atoms with van der Waals surface area (Å²) in [5, 5.41) is 2.66. The highest BCUT2D eigenvalue weighted by atomic mass is 19.1. The number of allylic oxidation sites excluding steroid dienone is 3. The third-order valence-corrected chi connectivity index (χ3v) is 6.44. The Kier molecular flexibility index (Phi) is 7.62. The largest absolute Gasteiger partial charge is 0.482 e. The first-order valence-corrected chi connectivity index (χ1v) is 11.4. The molecule has 0 spiro atoms. The van der Waals surface area contributed by atoms with Crippen molar-refractivity contribution in [1.82, 2.24) is 15.1 Å². The van der Waals surface area contributed by atoms with Gasteiger partial charge in [-0.15, -0.1) is 0 Å². The number of halogens is 2. The van der Waals surface area contributed by atoms with Crippen molar-refractivity contribution in [3.8, 4) is 0 Å². The van der Waals surface area contributed by atoms with E-state index in [0.29, 0.717) is 31.0 Å². The van der Waals surface area contributed by atoms with Crippen molar-refractivity contribution in [2.24, 2.45) is 10.9 Å². The van der Waals surface area contributed by atoms with Crippen LogP contribution in [-0.2, 0) is 16.1 Å². The number of carbonyl (C=O) groups excluding carboxylic acids is 1. The Hall–Kier alpha value is -3.20. The van der Waals surface area contributed by atoms with Gasteiger partial charge >= 0.3 is 6.09 Å². The lowest BCUT2D eigenvalue weighted by molar-refractivity contribution is 0.136. The van der Waals surface area contributed by atoms with Crippen molar-refractivity contribution in [2.45, 2.75) is 25.2 Å². The third-order valence-electron chi connectivity index (χ3n) is 6.44. The summed E-state index contributed by atoms with van der Waals surface area (Å²) in [6, 6.07) is 9.02. The van der Waals surface area contributed by atoms with E-state index in [2.05, 4.69) is 10.3 Å². The van der Waals surface area contributed by atoms with Gasteiger partial charge in [-0.2, -0.15) is 0 Å². The minimum Gasteiger partial charge on any atom is -0.482 e. The SMILES string of the molecule is COC1=CC=C2N=CC(F)=C(CCN3C[C@H](CNC(=O)OCc4ccccc4)[C@@H](F)C3)C2N1C. The Morgan fingerprint density at radius 3 is 2.79 bits per heavy atom. The van der Waals surface area contributed by atoms with Crippen LogP contribution in [0.5, 0.6) is 0 Å². The Labute approximate surface area is 198 Å². The highest BCUT2D eigenvalue weighted by molar-refractivity contribution is 5.80. The average molecular weight is 473 g/mol. The number of likely N-dealkylation sites (N-methyl/N-ethyl adjacent to an activating group) is 1. The number of fused-ring (bicyclic) bond motifs is 1. The van der Waals surface area contributed by atoms with Crippen molar-refractivity contribution in [1.29, 1.82) is 0 Å². The first-order chi connectivity index (χ1) is 16.5. The maximum atomic E-state index is 14.7. The van der Waals surface area contributed by atoms with Gasteiger partial charge in [-0.25, -0.2) is 13.6 Å². The minimum absolute atomic E-state index is 0.165. The Morgan fingerprint density at radius 1 is 1.24 bits per heavy atom. The molecule has 1 N–H and O–H groups in total. The predicted octanol–water partition coefficient (Wildman–Crippen LogP) is 3.57. The number of aliphatic imine (C=N–C) groups is 1. The number of likely N-dealkylation sites (tertiary alicyclic amines) is 1. The third kappa shape index (κ3) is 5.47. The molecule has 0 radical (unpaired) electrons. The molecule has 1 saturated heterocycles. The summed E-state index contributed by atoms with van der Waals surface area (Å²) < 4.78 is 39.9. The maximum Gasteiger partial charge on any atom is 0.407 e. The zero-order valence-corrected chi connectivity index (χ0v) is 19.4. The second kappa shape index (κ2) is 10.8. The van der Waals surface area contributed by atoms with Crippen molar-refractivity contribution < 1.29 is 23.0 Å². The smallest absolute Gasteiger partial charge is 0.407 e. The first kappa shape index (κ1) is 23.9. The summed E-state index contributed by atoms with van der Waals surface area (Å²) in [6.45, 7) is 1.60. The van der Waals surface area contributed by atoms with Gasteiger partial charge in [0.05, 0.1) is 25.1 Å². The second-order valence-corrected chi connectivity index (χ2v) is 8.67. The number of alkyl carbamates (subject to hydrolysis) is 1.